The van der Waals surface area contributed by atoms with Crippen LogP contribution >= 0.6 is 0 Å². The fourth-order valence-corrected chi connectivity index (χ4v) is 1.77. The van der Waals surface area contributed by atoms with Crippen molar-refractivity contribution in [3.8, 4) is 0 Å². The van der Waals surface area contributed by atoms with Crippen LogP contribution in [0.3, 0.4) is 0 Å². The van der Waals surface area contributed by atoms with Crippen LogP contribution in [0.4, 0.5) is 19.0 Å². The molecule has 2 rings (SSSR count). The second-order valence-electron chi connectivity index (χ2n) is 3.98. The minimum absolute atomic E-state index is 0.263. The first-order chi connectivity index (χ1) is 7.97. The van der Waals surface area contributed by atoms with Crippen molar-refractivity contribution >= 4 is 5.82 Å². The number of hydrogen-bond acceptors (Lipinski definition) is 4. The van der Waals surface area contributed by atoms with Crippen molar-refractivity contribution in [2.45, 2.75) is 25.1 Å². The van der Waals surface area contributed by atoms with Gasteiger partial charge in [-0.2, -0.15) is 13.2 Å². The highest BCUT2D eigenvalue weighted by atomic mass is 19.4. The van der Waals surface area contributed by atoms with Crippen LogP contribution < -0.4 is 4.90 Å². The summed E-state index contributed by atoms with van der Waals surface area (Å²) in [7, 11) is 0. The summed E-state index contributed by atoms with van der Waals surface area (Å²) in [5.74, 6) is 0.263. The van der Waals surface area contributed by atoms with Gasteiger partial charge in [-0.3, -0.25) is 0 Å². The van der Waals surface area contributed by atoms with Crippen molar-refractivity contribution < 1.29 is 18.3 Å². The molecule has 1 saturated heterocycles. The number of rotatable bonds is 1. The highest BCUT2D eigenvalue weighted by Crippen LogP contribution is 2.29. The molecule has 0 radical (unpaired) electrons. The largest absolute Gasteiger partial charge is 0.433 e. The van der Waals surface area contributed by atoms with E-state index in [-0.39, 0.29) is 11.9 Å². The predicted molar refractivity (Wildman–Crippen MR) is 54.5 cm³/mol. The quantitative estimate of drug-likeness (QED) is 0.816. The fourth-order valence-electron chi connectivity index (χ4n) is 1.77. The zero-order valence-electron chi connectivity index (χ0n) is 8.98. The number of halogens is 3. The molecule has 2 heterocycles. The number of aliphatic hydroxyl groups excluding tert-OH is 1. The minimum atomic E-state index is -4.45. The number of aliphatic hydroxyl groups is 1. The lowest BCUT2D eigenvalue weighted by atomic mass is 10.1. The van der Waals surface area contributed by atoms with Crippen molar-refractivity contribution in [1.29, 1.82) is 0 Å². The van der Waals surface area contributed by atoms with Gasteiger partial charge in [0.2, 0.25) is 0 Å². The summed E-state index contributed by atoms with van der Waals surface area (Å²) in [6, 6.07) is 0.942. The van der Waals surface area contributed by atoms with Crippen LogP contribution in [0.2, 0.25) is 0 Å². The van der Waals surface area contributed by atoms with Crippen LogP contribution in [0, 0.1) is 0 Å². The van der Waals surface area contributed by atoms with Gasteiger partial charge in [-0.05, 0) is 12.8 Å². The van der Waals surface area contributed by atoms with E-state index in [0.29, 0.717) is 25.9 Å². The molecule has 94 valence electrons. The van der Waals surface area contributed by atoms with E-state index >= 15 is 0 Å². The normalized spacial score (nSPS) is 18.5. The second kappa shape index (κ2) is 4.48. The van der Waals surface area contributed by atoms with E-state index in [0.717, 1.165) is 12.4 Å². The van der Waals surface area contributed by atoms with Crippen molar-refractivity contribution in [3.63, 3.8) is 0 Å². The molecule has 7 heteroatoms. The number of hydrogen-bond donors (Lipinski definition) is 1. The molecule has 0 spiro atoms. The maximum Gasteiger partial charge on any atom is 0.433 e. The Morgan fingerprint density at radius 3 is 2.47 bits per heavy atom. The number of aromatic nitrogens is 2. The van der Waals surface area contributed by atoms with Gasteiger partial charge in [0.25, 0.3) is 0 Å². The molecule has 0 unspecified atom stereocenters. The monoisotopic (exact) mass is 247 g/mol. The summed E-state index contributed by atoms with van der Waals surface area (Å²) in [6.45, 7) is 1.02. The molecule has 0 amide bonds. The van der Waals surface area contributed by atoms with Gasteiger partial charge >= 0.3 is 6.18 Å². The Hall–Kier alpha value is -1.37. The lowest BCUT2D eigenvalue weighted by Gasteiger charge is -2.30. The van der Waals surface area contributed by atoms with Gasteiger partial charge in [0.15, 0.2) is 0 Å². The van der Waals surface area contributed by atoms with E-state index in [1.165, 1.54) is 0 Å². The molecule has 1 aliphatic rings. The Labute approximate surface area is 96.1 Å². The van der Waals surface area contributed by atoms with E-state index < -0.39 is 11.9 Å². The first-order valence-electron chi connectivity index (χ1n) is 5.29. The average molecular weight is 247 g/mol. The summed E-state index contributed by atoms with van der Waals surface area (Å²) in [4.78, 5) is 8.77. The van der Waals surface area contributed by atoms with Gasteiger partial charge in [-0.1, -0.05) is 0 Å². The Bertz CT molecular complexity index is 389. The Morgan fingerprint density at radius 2 is 1.88 bits per heavy atom. The molecule has 0 atom stereocenters. The number of alkyl halides is 3. The van der Waals surface area contributed by atoms with Crippen LogP contribution in [0.5, 0.6) is 0 Å². The van der Waals surface area contributed by atoms with Crippen LogP contribution in [0.1, 0.15) is 18.5 Å². The topological polar surface area (TPSA) is 49.2 Å². The third kappa shape index (κ3) is 2.85. The molecule has 0 saturated carbocycles. The molecule has 1 fully saturated rings. The highest BCUT2D eigenvalue weighted by Gasteiger charge is 2.33. The Balaban J connectivity index is 2.16. The highest BCUT2D eigenvalue weighted by molar-refractivity contribution is 5.39. The summed E-state index contributed by atoms with van der Waals surface area (Å²) in [6.07, 6.45) is -2.80. The summed E-state index contributed by atoms with van der Waals surface area (Å²) in [5.41, 5.74) is -0.936. The lowest BCUT2D eigenvalue weighted by Crippen LogP contribution is -2.36. The zero-order chi connectivity index (χ0) is 12.5. The van der Waals surface area contributed by atoms with E-state index in [4.69, 9.17) is 0 Å². The fraction of sp³-hybridized carbons (Fsp3) is 0.600. The molecule has 0 aliphatic carbocycles. The number of piperidine rings is 1. The van der Waals surface area contributed by atoms with Crippen LogP contribution in [-0.2, 0) is 6.18 Å². The molecule has 1 aromatic rings. The van der Waals surface area contributed by atoms with E-state index in [1.54, 1.807) is 4.90 Å². The molecule has 17 heavy (non-hydrogen) atoms. The zero-order valence-corrected chi connectivity index (χ0v) is 8.98. The van der Waals surface area contributed by atoms with E-state index in [1.807, 2.05) is 0 Å². The van der Waals surface area contributed by atoms with Crippen LogP contribution in [-0.4, -0.2) is 34.3 Å². The Kier molecular flexibility index (Phi) is 3.19. The van der Waals surface area contributed by atoms with E-state index in [2.05, 4.69) is 9.97 Å². The van der Waals surface area contributed by atoms with Crippen molar-refractivity contribution in [2.24, 2.45) is 0 Å². The summed E-state index contributed by atoms with van der Waals surface area (Å²) < 4.78 is 37.3. The third-order valence-electron chi connectivity index (χ3n) is 2.73. The standard InChI is InChI=1S/C10H12F3N3O/c11-10(12,13)8-5-9(15-6-14-8)16-3-1-7(17)2-4-16/h5-7,17H,1-4H2. The molecule has 1 aromatic heterocycles. The van der Waals surface area contributed by atoms with Gasteiger partial charge in [-0.25, -0.2) is 9.97 Å². The van der Waals surface area contributed by atoms with Crippen LogP contribution in [0.25, 0.3) is 0 Å². The third-order valence-corrected chi connectivity index (χ3v) is 2.73. The summed E-state index contributed by atoms with van der Waals surface area (Å²) >= 11 is 0. The maximum atomic E-state index is 12.4. The molecule has 4 nitrogen and oxygen atoms in total. The molecule has 0 aromatic carbocycles. The van der Waals surface area contributed by atoms with Gasteiger partial charge in [0.1, 0.15) is 17.8 Å². The average Bonchev–Trinajstić information content (AvgIpc) is 2.29. The smallest absolute Gasteiger partial charge is 0.393 e. The van der Waals surface area contributed by atoms with Crippen molar-refractivity contribution in [1.82, 2.24) is 9.97 Å². The van der Waals surface area contributed by atoms with E-state index in [9.17, 15) is 18.3 Å². The molecule has 1 aliphatic heterocycles. The molecule has 1 N–H and O–H groups in total. The Morgan fingerprint density at radius 1 is 1.24 bits per heavy atom. The van der Waals surface area contributed by atoms with Crippen LogP contribution in [0.15, 0.2) is 12.4 Å². The van der Waals surface area contributed by atoms with Crippen molar-refractivity contribution in [3.05, 3.63) is 18.1 Å². The molecule has 0 bridgehead atoms. The number of nitrogens with zero attached hydrogens (tertiary/aromatic N) is 3. The maximum absolute atomic E-state index is 12.4. The predicted octanol–water partition coefficient (Wildman–Crippen LogP) is 1.46. The lowest BCUT2D eigenvalue weighted by molar-refractivity contribution is -0.141. The first-order valence-corrected chi connectivity index (χ1v) is 5.29. The number of anilines is 1. The SMILES string of the molecule is OC1CCN(c2cc(C(F)(F)F)ncn2)CC1. The van der Waals surface area contributed by atoms with Gasteiger partial charge in [-0.15, -0.1) is 0 Å². The summed E-state index contributed by atoms with van der Waals surface area (Å²) in [5, 5.41) is 9.32. The van der Waals surface area contributed by atoms with Gasteiger partial charge in [0, 0.05) is 19.2 Å². The second-order valence-corrected chi connectivity index (χ2v) is 3.98. The molecular weight excluding hydrogens is 235 g/mol. The van der Waals surface area contributed by atoms with Gasteiger partial charge < -0.3 is 10.0 Å². The first kappa shape index (κ1) is 12.1. The van der Waals surface area contributed by atoms with Crippen molar-refractivity contribution in [2.75, 3.05) is 18.0 Å². The molecular formula is C10H12F3N3O. The minimum Gasteiger partial charge on any atom is -0.393 e. The van der Waals surface area contributed by atoms with Gasteiger partial charge in [0.05, 0.1) is 6.10 Å².